The maximum Gasteiger partial charge on any atom is 0.393 e. The number of carbonyl (C=O) groups is 1. The standard InChI is InChI=1S/C16H17ClF3NO2/c17-10-5-6-13-9(7-10)8-14(23-13)15(22)21-12-4-2-1-3-11(12)16(18,19)20/h5-7,11-12,14H,1-4,8H2,(H,21,22). The molecule has 1 amide bonds. The summed E-state index contributed by atoms with van der Waals surface area (Å²) >= 11 is 5.89. The number of hydrogen-bond donors (Lipinski definition) is 1. The topological polar surface area (TPSA) is 38.3 Å². The van der Waals surface area contributed by atoms with Gasteiger partial charge in [0.25, 0.3) is 5.91 Å². The third-order valence-corrected chi connectivity index (χ3v) is 4.74. The van der Waals surface area contributed by atoms with Crippen LogP contribution in [-0.4, -0.2) is 24.2 Å². The first-order valence-electron chi connectivity index (χ1n) is 7.67. The van der Waals surface area contributed by atoms with E-state index in [2.05, 4.69) is 5.32 Å². The van der Waals surface area contributed by atoms with E-state index in [1.807, 2.05) is 0 Å². The second kappa shape index (κ2) is 6.23. The summed E-state index contributed by atoms with van der Waals surface area (Å²) in [5.74, 6) is -1.40. The Hall–Kier alpha value is -1.43. The van der Waals surface area contributed by atoms with E-state index < -0.39 is 30.1 Å². The predicted octanol–water partition coefficient (Wildman–Crippen LogP) is 3.88. The molecule has 1 N–H and O–H groups in total. The summed E-state index contributed by atoms with van der Waals surface area (Å²) in [6, 6.07) is 4.17. The molecule has 1 saturated carbocycles. The van der Waals surface area contributed by atoms with E-state index >= 15 is 0 Å². The number of fused-ring (bicyclic) bond motifs is 1. The molecule has 0 aromatic heterocycles. The van der Waals surface area contributed by atoms with E-state index in [-0.39, 0.29) is 6.42 Å². The van der Waals surface area contributed by atoms with Gasteiger partial charge in [0.2, 0.25) is 0 Å². The average Bonchev–Trinajstić information content (AvgIpc) is 2.89. The Kier molecular flexibility index (Phi) is 4.45. The lowest BCUT2D eigenvalue weighted by atomic mass is 9.84. The molecule has 0 spiro atoms. The molecule has 7 heteroatoms. The minimum absolute atomic E-state index is 0.0653. The molecule has 23 heavy (non-hydrogen) atoms. The predicted molar refractivity (Wildman–Crippen MR) is 79.5 cm³/mol. The lowest BCUT2D eigenvalue weighted by Crippen LogP contribution is -2.51. The molecule has 1 aromatic rings. The molecule has 1 aromatic carbocycles. The van der Waals surface area contributed by atoms with Crippen LogP contribution in [0.3, 0.4) is 0 Å². The first kappa shape index (κ1) is 16.4. The van der Waals surface area contributed by atoms with Crippen LogP contribution < -0.4 is 10.1 Å². The highest BCUT2D eigenvalue weighted by molar-refractivity contribution is 6.30. The first-order chi connectivity index (χ1) is 10.8. The molecule has 0 saturated heterocycles. The molecule has 3 rings (SSSR count). The van der Waals surface area contributed by atoms with Crippen LogP contribution >= 0.6 is 11.6 Å². The van der Waals surface area contributed by atoms with Gasteiger partial charge in [-0.25, -0.2) is 0 Å². The quantitative estimate of drug-likeness (QED) is 0.881. The van der Waals surface area contributed by atoms with Gasteiger partial charge in [0, 0.05) is 17.5 Å². The second-order valence-electron chi connectivity index (χ2n) is 6.11. The first-order valence-corrected chi connectivity index (χ1v) is 8.04. The van der Waals surface area contributed by atoms with Crippen molar-refractivity contribution < 1.29 is 22.7 Å². The Bertz CT molecular complexity index is 605. The van der Waals surface area contributed by atoms with E-state index in [1.54, 1.807) is 18.2 Å². The van der Waals surface area contributed by atoms with Crippen LogP contribution in [0.4, 0.5) is 13.2 Å². The van der Waals surface area contributed by atoms with Gasteiger partial charge in [0.1, 0.15) is 5.75 Å². The molecule has 1 fully saturated rings. The van der Waals surface area contributed by atoms with E-state index in [9.17, 15) is 18.0 Å². The van der Waals surface area contributed by atoms with E-state index in [0.717, 1.165) is 5.56 Å². The van der Waals surface area contributed by atoms with E-state index in [1.165, 1.54) is 0 Å². The summed E-state index contributed by atoms with van der Waals surface area (Å²) < 4.78 is 44.8. The van der Waals surface area contributed by atoms with Crippen LogP contribution in [-0.2, 0) is 11.2 Å². The lowest BCUT2D eigenvalue weighted by Gasteiger charge is -2.34. The van der Waals surface area contributed by atoms with Crippen molar-refractivity contribution in [1.82, 2.24) is 5.32 Å². The minimum Gasteiger partial charge on any atom is -0.480 e. The Morgan fingerprint density at radius 3 is 2.74 bits per heavy atom. The van der Waals surface area contributed by atoms with E-state index in [4.69, 9.17) is 16.3 Å². The van der Waals surface area contributed by atoms with Gasteiger partial charge in [-0.15, -0.1) is 0 Å². The van der Waals surface area contributed by atoms with Crippen molar-refractivity contribution in [2.45, 2.75) is 50.4 Å². The van der Waals surface area contributed by atoms with Crippen molar-refractivity contribution in [2.75, 3.05) is 0 Å². The summed E-state index contributed by atoms with van der Waals surface area (Å²) in [7, 11) is 0. The summed E-state index contributed by atoms with van der Waals surface area (Å²) in [6.45, 7) is 0. The number of nitrogens with one attached hydrogen (secondary N) is 1. The summed E-state index contributed by atoms with van der Waals surface area (Å²) in [6.07, 6.45) is -3.10. The number of benzene rings is 1. The molecule has 0 bridgehead atoms. The molecule has 1 aliphatic carbocycles. The van der Waals surface area contributed by atoms with Gasteiger partial charge in [-0.05, 0) is 36.6 Å². The molecule has 126 valence electrons. The number of halogens is 4. The Morgan fingerprint density at radius 2 is 2.00 bits per heavy atom. The van der Waals surface area contributed by atoms with Gasteiger partial charge < -0.3 is 10.1 Å². The maximum atomic E-state index is 13.1. The molecule has 2 aliphatic rings. The highest BCUT2D eigenvalue weighted by atomic mass is 35.5. The third-order valence-electron chi connectivity index (χ3n) is 4.50. The van der Waals surface area contributed by atoms with Crippen molar-refractivity contribution in [2.24, 2.45) is 5.92 Å². The largest absolute Gasteiger partial charge is 0.480 e. The van der Waals surface area contributed by atoms with Crippen LogP contribution in [0.15, 0.2) is 18.2 Å². The Labute approximate surface area is 137 Å². The maximum absolute atomic E-state index is 13.1. The van der Waals surface area contributed by atoms with Crippen LogP contribution in [0.5, 0.6) is 5.75 Å². The van der Waals surface area contributed by atoms with Gasteiger partial charge in [0.05, 0.1) is 5.92 Å². The molecule has 0 radical (unpaired) electrons. The fourth-order valence-electron chi connectivity index (χ4n) is 3.33. The molecule has 1 aliphatic heterocycles. The van der Waals surface area contributed by atoms with Gasteiger partial charge in [-0.2, -0.15) is 13.2 Å². The molecule has 3 nitrogen and oxygen atoms in total. The average molecular weight is 348 g/mol. The fourth-order valence-corrected chi connectivity index (χ4v) is 3.53. The molecule has 3 atom stereocenters. The van der Waals surface area contributed by atoms with Crippen LogP contribution in [0, 0.1) is 5.92 Å². The second-order valence-corrected chi connectivity index (χ2v) is 6.55. The van der Waals surface area contributed by atoms with Crippen LogP contribution in [0.2, 0.25) is 5.02 Å². The minimum atomic E-state index is -4.29. The van der Waals surface area contributed by atoms with Crippen molar-refractivity contribution in [3.8, 4) is 5.75 Å². The van der Waals surface area contributed by atoms with Crippen LogP contribution in [0.25, 0.3) is 0 Å². The SMILES string of the molecule is O=C(NC1CCCCC1C(F)(F)F)C1Cc2cc(Cl)ccc2O1. The highest BCUT2D eigenvalue weighted by Crippen LogP contribution is 2.38. The fraction of sp³-hybridized carbons (Fsp3) is 0.562. The number of alkyl halides is 3. The van der Waals surface area contributed by atoms with Gasteiger partial charge in [0.15, 0.2) is 6.10 Å². The van der Waals surface area contributed by atoms with Gasteiger partial charge in [-0.3, -0.25) is 4.79 Å². The van der Waals surface area contributed by atoms with Gasteiger partial charge in [-0.1, -0.05) is 24.4 Å². The number of hydrogen-bond acceptors (Lipinski definition) is 2. The zero-order valence-electron chi connectivity index (χ0n) is 12.3. The van der Waals surface area contributed by atoms with Gasteiger partial charge >= 0.3 is 6.18 Å². The number of rotatable bonds is 2. The van der Waals surface area contributed by atoms with Crippen molar-refractivity contribution >= 4 is 17.5 Å². The van der Waals surface area contributed by atoms with Crippen molar-refractivity contribution in [3.05, 3.63) is 28.8 Å². The van der Waals surface area contributed by atoms with Crippen molar-refractivity contribution in [3.63, 3.8) is 0 Å². The summed E-state index contributed by atoms with van der Waals surface area (Å²) in [5, 5.41) is 3.09. The third kappa shape index (κ3) is 3.57. The smallest absolute Gasteiger partial charge is 0.393 e. The lowest BCUT2D eigenvalue weighted by molar-refractivity contribution is -0.189. The highest BCUT2D eigenvalue weighted by Gasteiger charge is 2.46. The Balaban J connectivity index is 1.65. The van der Waals surface area contributed by atoms with E-state index in [0.29, 0.717) is 36.5 Å². The number of carbonyl (C=O) groups excluding carboxylic acids is 1. The van der Waals surface area contributed by atoms with Crippen molar-refractivity contribution in [1.29, 1.82) is 0 Å². The molecule has 3 unspecified atom stereocenters. The summed E-state index contributed by atoms with van der Waals surface area (Å²) in [4.78, 5) is 12.3. The molecular formula is C16H17ClF3NO2. The monoisotopic (exact) mass is 347 g/mol. The van der Waals surface area contributed by atoms with Crippen LogP contribution in [0.1, 0.15) is 31.2 Å². The normalized spacial score (nSPS) is 27.2. The zero-order chi connectivity index (χ0) is 16.6. The zero-order valence-corrected chi connectivity index (χ0v) is 13.1. The molecule has 1 heterocycles. The Morgan fingerprint density at radius 1 is 1.26 bits per heavy atom. The number of ether oxygens (including phenoxy) is 1. The number of amides is 1. The molecular weight excluding hydrogens is 331 g/mol. The summed E-state index contributed by atoms with van der Waals surface area (Å²) in [5.41, 5.74) is 0.800.